The van der Waals surface area contributed by atoms with Crippen molar-refractivity contribution in [1.29, 1.82) is 0 Å². The number of anilines is 1. The van der Waals surface area contributed by atoms with E-state index in [4.69, 9.17) is 5.11 Å². The van der Waals surface area contributed by atoms with Gasteiger partial charge in [-0.05, 0) is 73.8 Å². The van der Waals surface area contributed by atoms with Crippen LogP contribution in [0, 0.1) is 11.7 Å². The van der Waals surface area contributed by atoms with Gasteiger partial charge in [-0.15, -0.1) is 0 Å². The molecule has 1 aliphatic rings. The number of aryl methyl sites for hydroxylation is 1. The van der Waals surface area contributed by atoms with E-state index in [2.05, 4.69) is 17.0 Å². The SMILES string of the molecule is CN1CCC(C(=O)N(Cc2cccc3cc4cnn(C)c4c(F)c23)c2cccc(C=CC(=O)O)c2)CC1. The molecule has 7 nitrogen and oxygen atoms in total. The Balaban J connectivity index is 1.59. The number of carboxylic acid groups (broad SMARTS) is 1. The third-order valence-electron chi connectivity index (χ3n) is 7.15. The fourth-order valence-corrected chi connectivity index (χ4v) is 5.16. The molecule has 1 aliphatic heterocycles. The van der Waals surface area contributed by atoms with Gasteiger partial charge in [0.05, 0.1) is 12.7 Å². The molecule has 1 saturated heterocycles. The molecule has 37 heavy (non-hydrogen) atoms. The molecule has 0 spiro atoms. The van der Waals surface area contributed by atoms with Crippen molar-refractivity contribution in [2.24, 2.45) is 13.0 Å². The lowest BCUT2D eigenvalue weighted by atomic mass is 9.94. The van der Waals surface area contributed by atoms with Crippen molar-refractivity contribution in [3.63, 3.8) is 0 Å². The van der Waals surface area contributed by atoms with Crippen LogP contribution in [0.5, 0.6) is 0 Å². The second kappa shape index (κ2) is 10.1. The highest BCUT2D eigenvalue weighted by molar-refractivity contribution is 6.00. The van der Waals surface area contributed by atoms with Crippen LogP contribution in [-0.2, 0) is 23.2 Å². The molecule has 8 heteroatoms. The van der Waals surface area contributed by atoms with E-state index in [1.165, 1.54) is 10.8 Å². The van der Waals surface area contributed by atoms with Gasteiger partial charge in [0.15, 0.2) is 5.82 Å². The summed E-state index contributed by atoms with van der Waals surface area (Å²) in [4.78, 5) is 28.9. The average Bonchev–Trinajstić information content (AvgIpc) is 3.26. The smallest absolute Gasteiger partial charge is 0.328 e. The predicted octanol–water partition coefficient (Wildman–Crippen LogP) is 4.84. The highest BCUT2D eigenvalue weighted by Gasteiger charge is 2.29. The number of carboxylic acids is 1. The molecule has 4 aromatic rings. The number of piperidine rings is 1. The Kier molecular flexibility index (Phi) is 6.76. The van der Waals surface area contributed by atoms with Crippen molar-refractivity contribution >= 4 is 45.3 Å². The van der Waals surface area contributed by atoms with Gasteiger partial charge in [-0.3, -0.25) is 9.48 Å². The van der Waals surface area contributed by atoms with Crippen LogP contribution in [0.4, 0.5) is 10.1 Å². The van der Waals surface area contributed by atoms with E-state index in [1.807, 2.05) is 30.3 Å². The van der Waals surface area contributed by atoms with Crippen LogP contribution < -0.4 is 4.90 Å². The Bertz CT molecular complexity index is 1520. The topological polar surface area (TPSA) is 78.7 Å². The van der Waals surface area contributed by atoms with E-state index in [0.717, 1.165) is 42.8 Å². The predicted molar refractivity (Wildman–Crippen MR) is 143 cm³/mol. The first-order valence-electron chi connectivity index (χ1n) is 12.3. The number of halogens is 1. The molecule has 1 fully saturated rings. The lowest BCUT2D eigenvalue weighted by molar-refractivity contribution is -0.131. The average molecular weight is 501 g/mol. The molecule has 0 bridgehead atoms. The standard InChI is InChI=1S/C29H29FN4O3/c1-32-13-11-20(12-14-32)29(37)34(24-8-3-5-19(15-24)9-10-25(35)36)18-22-7-4-6-21-16-23-17-31-33(2)28(23)27(30)26(21)22/h3-10,15-17,20H,11-14,18H2,1-2H3,(H,35,36). The number of aliphatic carboxylic acids is 1. The number of hydrogen-bond acceptors (Lipinski definition) is 4. The second-order valence-electron chi connectivity index (χ2n) is 9.68. The number of amides is 1. The first kappa shape index (κ1) is 24.6. The number of aromatic nitrogens is 2. The lowest BCUT2D eigenvalue weighted by Crippen LogP contribution is -2.41. The van der Waals surface area contributed by atoms with Crippen molar-refractivity contribution in [1.82, 2.24) is 14.7 Å². The number of carbonyl (C=O) groups excluding carboxylic acids is 1. The molecule has 0 atom stereocenters. The van der Waals surface area contributed by atoms with Crippen molar-refractivity contribution in [2.45, 2.75) is 19.4 Å². The van der Waals surface area contributed by atoms with Gasteiger partial charge in [0, 0.05) is 35.5 Å². The highest BCUT2D eigenvalue weighted by atomic mass is 19.1. The van der Waals surface area contributed by atoms with Gasteiger partial charge in [0.2, 0.25) is 5.91 Å². The Labute approximate surface area is 214 Å². The first-order valence-corrected chi connectivity index (χ1v) is 12.3. The number of nitrogens with zero attached hydrogens (tertiary/aromatic N) is 4. The zero-order chi connectivity index (χ0) is 26.1. The molecule has 3 aromatic carbocycles. The van der Waals surface area contributed by atoms with Crippen molar-refractivity contribution < 1.29 is 19.1 Å². The molecule has 0 unspecified atom stereocenters. The van der Waals surface area contributed by atoms with E-state index >= 15 is 4.39 Å². The van der Waals surface area contributed by atoms with Gasteiger partial charge in [-0.1, -0.05) is 30.3 Å². The second-order valence-corrected chi connectivity index (χ2v) is 9.68. The maximum atomic E-state index is 15.9. The quantitative estimate of drug-likeness (QED) is 0.384. The van der Waals surface area contributed by atoms with Gasteiger partial charge in [0.25, 0.3) is 0 Å². The van der Waals surface area contributed by atoms with E-state index in [-0.39, 0.29) is 24.2 Å². The van der Waals surface area contributed by atoms with E-state index in [9.17, 15) is 9.59 Å². The maximum Gasteiger partial charge on any atom is 0.328 e. The molecule has 1 amide bonds. The fourth-order valence-electron chi connectivity index (χ4n) is 5.16. The maximum absolute atomic E-state index is 15.9. The first-order chi connectivity index (χ1) is 17.8. The minimum Gasteiger partial charge on any atom is -0.478 e. The van der Waals surface area contributed by atoms with Crippen LogP contribution in [0.15, 0.2) is 60.8 Å². The summed E-state index contributed by atoms with van der Waals surface area (Å²) in [6, 6.07) is 14.8. The van der Waals surface area contributed by atoms with Crippen LogP contribution in [0.25, 0.3) is 27.8 Å². The normalized spacial score (nSPS) is 15.1. The van der Waals surface area contributed by atoms with Gasteiger partial charge in [-0.2, -0.15) is 5.10 Å². The summed E-state index contributed by atoms with van der Waals surface area (Å²) < 4.78 is 17.4. The number of fused-ring (bicyclic) bond motifs is 2. The van der Waals surface area contributed by atoms with Crippen molar-refractivity contribution in [3.05, 3.63) is 77.7 Å². The van der Waals surface area contributed by atoms with E-state index in [0.29, 0.717) is 27.7 Å². The number of likely N-dealkylation sites (tertiary alicyclic amines) is 1. The highest BCUT2D eigenvalue weighted by Crippen LogP contribution is 2.32. The van der Waals surface area contributed by atoms with Gasteiger partial charge in [0.1, 0.15) is 5.52 Å². The summed E-state index contributed by atoms with van der Waals surface area (Å²) in [5.74, 6) is -1.55. The van der Waals surface area contributed by atoms with Crippen LogP contribution in [0.2, 0.25) is 0 Å². The van der Waals surface area contributed by atoms with Crippen LogP contribution in [0.3, 0.4) is 0 Å². The molecule has 1 N–H and O–H groups in total. The van der Waals surface area contributed by atoms with E-state index in [1.54, 1.807) is 36.3 Å². The molecular weight excluding hydrogens is 471 g/mol. The lowest BCUT2D eigenvalue weighted by Gasteiger charge is -2.33. The fraction of sp³-hybridized carbons (Fsp3) is 0.276. The summed E-state index contributed by atoms with van der Waals surface area (Å²) in [7, 11) is 3.76. The largest absolute Gasteiger partial charge is 0.478 e. The number of benzene rings is 3. The minimum atomic E-state index is -1.04. The van der Waals surface area contributed by atoms with E-state index < -0.39 is 5.97 Å². The zero-order valence-corrected chi connectivity index (χ0v) is 20.9. The monoisotopic (exact) mass is 500 g/mol. The van der Waals surface area contributed by atoms with Crippen molar-refractivity contribution in [3.8, 4) is 0 Å². The Morgan fingerprint density at radius 3 is 2.62 bits per heavy atom. The Hall–Kier alpha value is -4.04. The zero-order valence-electron chi connectivity index (χ0n) is 20.9. The summed E-state index contributed by atoms with van der Waals surface area (Å²) in [6.45, 7) is 1.87. The van der Waals surface area contributed by atoms with Gasteiger partial charge >= 0.3 is 5.97 Å². The molecular formula is C29H29FN4O3. The Morgan fingerprint density at radius 1 is 1.11 bits per heavy atom. The van der Waals surface area contributed by atoms with Crippen LogP contribution in [0.1, 0.15) is 24.0 Å². The molecule has 2 heterocycles. The summed E-state index contributed by atoms with van der Waals surface area (Å²) >= 11 is 0. The minimum absolute atomic E-state index is 0.00788. The summed E-state index contributed by atoms with van der Waals surface area (Å²) in [5, 5.41) is 15.2. The third kappa shape index (κ3) is 4.97. The molecule has 1 aromatic heterocycles. The van der Waals surface area contributed by atoms with Gasteiger partial charge < -0.3 is 14.9 Å². The molecule has 0 saturated carbocycles. The number of carbonyl (C=O) groups is 2. The molecule has 0 aliphatic carbocycles. The molecule has 5 rings (SSSR count). The number of rotatable bonds is 6. The van der Waals surface area contributed by atoms with Crippen molar-refractivity contribution in [2.75, 3.05) is 25.0 Å². The molecule has 190 valence electrons. The summed E-state index contributed by atoms with van der Waals surface area (Å²) in [5.41, 5.74) is 2.44. The van der Waals surface area contributed by atoms with Crippen LogP contribution in [-0.4, -0.2) is 51.8 Å². The third-order valence-corrected chi connectivity index (χ3v) is 7.15. The molecule has 0 radical (unpaired) electrons. The summed E-state index contributed by atoms with van der Waals surface area (Å²) in [6.07, 6.45) is 5.73. The number of hydrogen-bond donors (Lipinski definition) is 1. The van der Waals surface area contributed by atoms with Crippen LogP contribution >= 0.6 is 0 Å². The van der Waals surface area contributed by atoms with Gasteiger partial charge in [-0.25, -0.2) is 9.18 Å². The Morgan fingerprint density at radius 2 is 1.86 bits per heavy atom.